The van der Waals surface area contributed by atoms with E-state index in [0.29, 0.717) is 28.2 Å². The molecule has 1 aromatic carbocycles. The number of nitrogens with zero attached hydrogens (tertiary/aromatic N) is 3. The van der Waals surface area contributed by atoms with Crippen molar-refractivity contribution in [2.45, 2.75) is 37.3 Å². The quantitative estimate of drug-likeness (QED) is 0.390. The lowest BCUT2D eigenvalue weighted by Gasteiger charge is -2.11. The van der Waals surface area contributed by atoms with E-state index in [1.807, 2.05) is 6.07 Å². The summed E-state index contributed by atoms with van der Waals surface area (Å²) in [6, 6.07) is 14.8. The Hall–Kier alpha value is -3.83. The van der Waals surface area contributed by atoms with Gasteiger partial charge in [0.25, 0.3) is 5.91 Å². The average Bonchev–Trinajstić information content (AvgIpc) is 3.08. The van der Waals surface area contributed by atoms with Crippen molar-refractivity contribution >= 4 is 26.6 Å². The van der Waals surface area contributed by atoms with Crippen LogP contribution in [-0.2, 0) is 27.7 Å². The summed E-state index contributed by atoms with van der Waals surface area (Å²) in [4.78, 5) is 26.3. The van der Waals surface area contributed by atoms with E-state index in [4.69, 9.17) is 4.74 Å². The van der Waals surface area contributed by atoms with Crippen molar-refractivity contribution in [1.82, 2.24) is 20.3 Å². The van der Waals surface area contributed by atoms with Crippen LogP contribution in [0.1, 0.15) is 40.2 Å². The van der Waals surface area contributed by atoms with Gasteiger partial charge in [-0.1, -0.05) is 19.1 Å². The van der Waals surface area contributed by atoms with Gasteiger partial charge in [0.15, 0.2) is 9.84 Å². The molecule has 0 spiro atoms. The topological polar surface area (TPSA) is 111 Å². The summed E-state index contributed by atoms with van der Waals surface area (Å²) in [5.41, 5.74) is 3.19. The van der Waals surface area contributed by atoms with Crippen LogP contribution >= 0.6 is 0 Å². The lowest BCUT2D eigenvalue weighted by Crippen LogP contribution is -2.23. The first-order chi connectivity index (χ1) is 18.2. The maximum atomic E-state index is 13.1. The van der Waals surface area contributed by atoms with Gasteiger partial charge in [-0.25, -0.2) is 22.2 Å². The van der Waals surface area contributed by atoms with Gasteiger partial charge in [-0.2, -0.15) is 0 Å². The Bertz CT molecular complexity index is 1630. The van der Waals surface area contributed by atoms with Crippen LogP contribution in [0.5, 0.6) is 0 Å². The number of ether oxygens (including phenoxy) is 1. The number of pyridine rings is 3. The number of carbonyl (C=O) groups excluding carboxylic acids is 1. The SMILES string of the molecule is CC(c1cccc(-c2ccc3cnc(CNC(=O)c4ccc5c(c4)S(=O)(=O)CCOC5)cc3n2)n1)C(F)F. The van der Waals surface area contributed by atoms with Crippen molar-refractivity contribution in [3.63, 3.8) is 0 Å². The smallest absolute Gasteiger partial charge is 0.251 e. The summed E-state index contributed by atoms with van der Waals surface area (Å²) in [5, 5.41) is 3.53. The summed E-state index contributed by atoms with van der Waals surface area (Å²) in [6.45, 7) is 1.80. The summed E-state index contributed by atoms with van der Waals surface area (Å²) in [6.07, 6.45) is -0.888. The Morgan fingerprint density at radius 3 is 2.71 bits per heavy atom. The molecule has 0 aliphatic carbocycles. The second-order valence-corrected chi connectivity index (χ2v) is 11.1. The highest BCUT2D eigenvalue weighted by Gasteiger charge is 2.24. The molecule has 0 bridgehead atoms. The van der Waals surface area contributed by atoms with Gasteiger partial charge in [-0.3, -0.25) is 14.8 Å². The first kappa shape index (κ1) is 25.8. The number of benzene rings is 1. The van der Waals surface area contributed by atoms with Crippen molar-refractivity contribution in [2.24, 2.45) is 0 Å². The average molecular weight is 539 g/mol. The van der Waals surface area contributed by atoms with E-state index in [9.17, 15) is 22.0 Å². The summed E-state index contributed by atoms with van der Waals surface area (Å²) < 4.78 is 56.6. The van der Waals surface area contributed by atoms with Crippen LogP contribution in [-0.4, -0.2) is 48.1 Å². The minimum Gasteiger partial charge on any atom is -0.376 e. The van der Waals surface area contributed by atoms with Crippen molar-refractivity contribution in [2.75, 3.05) is 12.4 Å². The summed E-state index contributed by atoms with van der Waals surface area (Å²) in [5.74, 6) is -1.57. The number of sulfone groups is 1. The number of nitrogens with one attached hydrogen (secondary N) is 1. The lowest BCUT2D eigenvalue weighted by atomic mass is 10.1. The van der Waals surface area contributed by atoms with Gasteiger partial charge < -0.3 is 10.1 Å². The molecule has 4 aromatic rings. The minimum atomic E-state index is -3.53. The van der Waals surface area contributed by atoms with Crippen molar-refractivity contribution in [3.8, 4) is 11.4 Å². The fourth-order valence-electron chi connectivity index (χ4n) is 4.11. The van der Waals surface area contributed by atoms with Gasteiger partial charge in [0.05, 0.1) is 58.9 Å². The molecule has 11 heteroatoms. The fourth-order valence-corrected chi connectivity index (χ4v) is 5.50. The van der Waals surface area contributed by atoms with Crippen LogP contribution in [0.2, 0.25) is 0 Å². The van der Waals surface area contributed by atoms with Gasteiger partial charge in [-0.15, -0.1) is 0 Å². The molecule has 3 aromatic heterocycles. The molecule has 0 fully saturated rings. The highest BCUT2D eigenvalue weighted by molar-refractivity contribution is 7.91. The minimum absolute atomic E-state index is 0.0905. The van der Waals surface area contributed by atoms with Crippen LogP contribution in [0.3, 0.4) is 0 Å². The number of hydrogen-bond donors (Lipinski definition) is 1. The number of hydrogen-bond acceptors (Lipinski definition) is 7. The normalized spacial score (nSPS) is 15.6. The van der Waals surface area contributed by atoms with Crippen LogP contribution in [0.4, 0.5) is 8.78 Å². The highest BCUT2D eigenvalue weighted by Crippen LogP contribution is 2.26. The first-order valence-corrected chi connectivity index (χ1v) is 13.6. The molecule has 1 aliphatic heterocycles. The van der Waals surface area contributed by atoms with Crippen LogP contribution < -0.4 is 5.32 Å². The Labute approximate surface area is 218 Å². The highest BCUT2D eigenvalue weighted by atomic mass is 32.2. The van der Waals surface area contributed by atoms with Crippen LogP contribution in [0.15, 0.2) is 65.7 Å². The molecule has 1 atom stereocenters. The zero-order valence-corrected chi connectivity index (χ0v) is 21.2. The maximum absolute atomic E-state index is 13.1. The molecule has 0 saturated carbocycles. The Morgan fingerprint density at radius 1 is 1.08 bits per heavy atom. The van der Waals surface area contributed by atoms with E-state index in [1.54, 1.807) is 48.7 Å². The van der Waals surface area contributed by atoms with Crippen molar-refractivity contribution in [1.29, 1.82) is 0 Å². The Morgan fingerprint density at radius 2 is 1.89 bits per heavy atom. The molecular formula is C27H24F2N4O4S. The van der Waals surface area contributed by atoms with Crippen LogP contribution in [0.25, 0.3) is 22.3 Å². The van der Waals surface area contributed by atoms with E-state index in [2.05, 4.69) is 20.3 Å². The number of alkyl halides is 2. The molecule has 0 saturated heterocycles. The molecule has 1 unspecified atom stereocenters. The van der Waals surface area contributed by atoms with Gasteiger partial charge >= 0.3 is 0 Å². The number of aromatic nitrogens is 3. The molecule has 5 rings (SSSR count). The molecule has 1 amide bonds. The molecule has 1 N–H and O–H groups in total. The predicted molar refractivity (Wildman–Crippen MR) is 137 cm³/mol. The predicted octanol–water partition coefficient (Wildman–Crippen LogP) is 4.29. The summed E-state index contributed by atoms with van der Waals surface area (Å²) in [7, 11) is -3.53. The van der Waals surface area contributed by atoms with Gasteiger partial charge in [0, 0.05) is 22.8 Å². The van der Waals surface area contributed by atoms with E-state index in [1.165, 1.54) is 13.0 Å². The van der Waals surface area contributed by atoms with E-state index >= 15 is 0 Å². The largest absolute Gasteiger partial charge is 0.376 e. The number of halogens is 2. The molecule has 8 nitrogen and oxygen atoms in total. The molecule has 4 heterocycles. The Kier molecular flexibility index (Phi) is 7.13. The maximum Gasteiger partial charge on any atom is 0.251 e. The number of fused-ring (bicyclic) bond motifs is 2. The molecular weight excluding hydrogens is 514 g/mol. The number of amides is 1. The van der Waals surface area contributed by atoms with E-state index < -0.39 is 28.1 Å². The van der Waals surface area contributed by atoms with Crippen molar-refractivity contribution in [3.05, 3.63) is 83.3 Å². The summed E-state index contributed by atoms with van der Waals surface area (Å²) >= 11 is 0. The lowest BCUT2D eigenvalue weighted by molar-refractivity contribution is 0.0949. The van der Waals surface area contributed by atoms with E-state index in [-0.39, 0.29) is 41.7 Å². The second-order valence-electron chi connectivity index (χ2n) is 9.01. The first-order valence-electron chi connectivity index (χ1n) is 11.9. The zero-order valence-electron chi connectivity index (χ0n) is 20.4. The zero-order chi connectivity index (χ0) is 26.9. The number of carbonyl (C=O) groups is 1. The third-order valence-electron chi connectivity index (χ3n) is 6.36. The van der Waals surface area contributed by atoms with Gasteiger partial charge in [0.1, 0.15) is 0 Å². The Balaban J connectivity index is 1.35. The van der Waals surface area contributed by atoms with Gasteiger partial charge in [-0.05, 0) is 48.0 Å². The molecule has 1 aliphatic rings. The fraction of sp³-hybridized carbons (Fsp3) is 0.259. The standard InChI is InChI=1S/C27H24F2N4O4S/c1-16(26(28)29)21-3-2-4-22(32-21)23-8-7-18-13-30-20(12-24(18)33-23)14-31-27(34)17-5-6-19-15-37-9-10-38(35,36)25(19)11-17/h2-8,11-13,16,26H,9-10,14-15H2,1H3,(H,31,34). The van der Waals surface area contributed by atoms with Crippen molar-refractivity contribution < 1.29 is 26.7 Å². The third kappa shape index (κ3) is 5.39. The monoisotopic (exact) mass is 538 g/mol. The third-order valence-corrected chi connectivity index (χ3v) is 8.11. The number of rotatable bonds is 6. The molecule has 196 valence electrons. The molecule has 38 heavy (non-hydrogen) atoms. The van der Waals surface area contributed by atoms with Gasteiger partial charge in [0.2, 0.25) is 6.43 Å². The second kappa shape index (κ2) is 10.5. The van der Waals surface area contributed by atoms with E-state index in [0.717, 1.165) is 5.39 Å². The van der Waals surface area contributed by atoms with Crippen LogP contribution in [0, 0.1) is 0 Å². The molecule has 0 radical (unpaired) electrons.